The predicted molar refractivity (Wildman–Crippen MR) is 81.4 cm³/mol. The summed E-state index contributed by atoms with van der Waals surface area (Å²) in [6, 6.07) is 12.3. The summed E-state index contributed by atoms with van der Waals surface area (Å²) in [5.74, 6) is 0.766. The molecule has 0 aliphatic carbocycles. The molecule has 0 radical (unpaired) electrons. The molecule has 2 nitrogen and oxygen atoms in total. The SMILES string of the molecule is CC(C)(C)c1ccc(COc2cccnc2Br)cc1. The van der Waals surface area contributed by atoms with E-state index in [9.17, 15) is 0 Å². The third-order valence-electron chi connectivity index (χ3n) is 2.94. The average molecular weight is 320 g/mol. The van der Waals surface area contributed by atoms with Crippen LogP contribution in [0.2, 0.25) is 0 Å². The normalized spacial score (nSPS) is 11.4. The molecule has 0 spiro atoms. The van der Waals surface area contributed by atoms with Crippen LogP contribution < -0.4 is 4.74 Å². The second-order valence-corrected chi connectivity index (χ2v) is 6.28. The summed E-state index contributed by atoms with van der Waals surface area (Å²) in [6.07, 6.45) is 1.73. The molecule has 19 heavy (non-hydrogen) atoms. The predicted octanol–water partition coefficient (Wildman–Crippen LogP) is 4.72. The Kier molecular flexibility index (Phi) is 4.25. The van der Waals surface area contributed by atoms with Gasteiger partial charge in [-0.15, -0.1) is 0 Å². The lowest BCUT2D eigenvalue weighted by molar-refractivity contribution is 0.302. The number of benzene rings is 1. The van der Waals surface area contributed by atoms with E-state index in [4.69, 9.17) is 4.74 Å². The Hall–Kier alpha value is -1.35. The number of hydrogen-bond acceptors (Lipinski definition) is 2. The number of hydrogen-bond donors (Lipinski definition) is 0. The topological polar surface area (TPSA) is 22.1 Å². The Bertz CT molecular complexity index is 543. The van der Waals surface area contributed by atoms with Crippen molar-refractivity contribution in [1.82, 2.24) is 4.98 Å². The molecule has 1 heterocycles. The zero-order valence-corrected chi connectivity index (χ0v) is 13.1. The van der Waals surface area contributed by atoms with Gasteiger partial charge >= 0.3 is 0 Å². The van der Waals surface area contributed by atoms with Crippen LogP contribution in [0.4, 0.5) is 0 Å². The highest BCUT2D eigenvalue weighted by Gasteiger charge is 2.12. The maximum atomic E-state index is 5.74. The van der Waals surface area contributed by atoms with Crippen molar-refractivity contribution in [1.29, 1.82) is 0 Å². The van der Waals surface area contributed by atoms with E-state index in [1.807, 2.05) is 12.1 Å². The molecule has 0 aliphatic rings. The zero-order chi connectivity index (χ0) is 13.9. The van der Waals surface area contributed by atoms with Gasteiger partial charge in [-0.05, 0) is 44.6 Å². The third-order valence-corrected chi connectivity index (χ3v) is 3.53. The summed E-state index contributed by atoms with van der Waals surface area (Å²) in [5, 5.41) is 0. The van der Waals surface area contributed by atoms with Gasteiger partial charge in [-0.2, -0.15) is 0 Å². The molecule has 0 fully saturated rings. The second-order valence-electron chi connectivity index (χ2n) is 5.53. The highest BCUT2D eigenvalue weighted by molar-refractivity contribution is 9.10. The van der Waals surface area contributed by atoms with Crippen LogP contribution in [-0.2, 0) is 12.0 Å². The van der Waals surface area contributed by atoms with Crippen molar-refractivity contribution in [2.45, 2.75) is 32.8 Å². The largest absolute Gasteiger partial charge is 0.486 e. The van der Waals surface area contributed by atoms with Crippen LogP contribution in [0.1, 0.15) is 31.9 Å². The van der Waals surface area contributed by atoms with Gasteiger partial charge in [0, 0.05) is 6.20 Å². The first-order valence-corrected chi connectivity index (χ1v) is 7.09. The number of ether oxygens (including phenoxy) is 1. The zero-order valence-electron chi connectivity index (χ0n) is 11.5. The fraction of sp³-hybridized carbons (Fsp3) is 0.312. The van der Waals surface area contributed by atoms with E-state index < -0.39 is 0 Å². The minimum atomic E-state index is 0.186. The van der Waals surface area contributed by atoms with Crippen molar-refractivity contribution >= 4 is 15.9 Å². The molecule has 0 saturated carbocycles. The fourth-order valence-corrected chi connectivity index (χ4v) is 2.11. The van der Waals surface area contributed by atoms with Gasteiger partial charge in [0.15, 0.2) is 5.75 Å². The molecule has 1 aromatic heterocycles. The lowest BCUT2D eigenvalue weighted by Gasteiger charge is -2.19. The van der Waals surface area contributed by atoms with Crippen LogP contribution in [0.15, 0.2) is 47.2 Å². The van der Waals surface area contributed by atoms with E-state index in [2.05, 4.69) is 66.0 Å². The molecule has 0 amide bonds. The van der Waals surface area contributed by atoms with Crippen molar-refractivity contribution in [2.24, 2.45) is 0 Å². The molecule has 3 heteroatoms. The Morgan fingerprint density at radius 1 is 1.11 bits per heavy atom. The van der Waals surface area contributed by atoms with Gasteiger partial charge in [-0.1, -0.05) is 45.0 Å². The summed E-state index contributed by atoms with van der Waals surface area (Å²) >= 11 is 3.37. The Balaban J connectivity index is 2.03. The van der Waals surface area contributed by atoms with E-state index in [1.165, 1.54) is 5.56 Å². The average Bonchev–Trinajstić information content (AvgIpc) is 2.37. The van der Waals surface area contributed by atoms with Crippen LogP contribution in [0.5, 0.6) is 5.75 Å². The molecule has 100 valence electrons. The first-order chi connectivity index (χ1) is 8.97. The van der Waals surface area contributed by atoms with E-state index in [1.54, 1.807) is 6.20 Å². The molecule has 0 saturated heterocycles. The van der Waals surface area contributed by atoms with Crippen molar-refractivity contribution in [2.75, 3.05) is 0 Å². The van der Waals surface area contributed by atoms with E-state index in [-0.39, 0.29) is 5.41 Å². The van der Waals surface area contributed by atoms with Crippen LogP contribution >= 0.6 is 15.9 Å². The fourth-order valence-electron chi connectivity index (χ4n) is 1.74. The molecule has 0 atom stereocenters. The quantitative estimate of drug-likeness (QED) is 0.763. The lowest BCUT2D eigenvalue weighted by atomic mass is 9.87. The summed E-state index contributed by atoms with van der Waals surface area (Å²) in [7, 11) is 0. The van der Waals surface area contributed by atoms with Crippen molar-refractivity contribution in [3.05, 3.63) is 58.3 Å². The number of rotatable bonds is 3. The number of pyridine rings is 1. The van der Waals surface area contributed by atoms with E-state index in [0.717, 1.165) is 15.9 Å². The van der Waals surface area contributed by atoms with Gasteiger partial charge in [-0.3, -0.25) is 0 Å². The number of nitrogens with zero attached hydrogens (tertiary/aromatic N) is 1. The minimum Gasteiger partial charge on any atom is -0.486 e. The van der Waals surface area contributed by atoms with Gasteiger partial charge in [0.1, 0.15) is 11.2 Å². The summed E-state index contributed by atoms with van der Waals surface area (Å²) in [6.45, 7) is 7.19. The molecule has 0 unspecified atom stereocenters. The monoisotopic (exact) mass is 319 g/mol. The standard InChI is InChI=1S/C16H18BrNO/c1-16(2,3)13-8-6-12(7-9-13)11-19-14-5-4-10-18-15(14)17/h4-10H,11H2,1-3H3. The van der Waals surface area contributed by atoms with Crippen LogP contribution in [0.25, 0.3) is 0 Å². The van der Waals surface area contributed by atoms with Crippen molar-refractivity contribution in [3.8, 4) is 5.75 Å². The maximum absolute atomic E-state index is 5.74. The lowest BCUT2D eigenvalue weighted by Crippen LogP contribution is -2.10. The van der Waals surface area contributed by atoms with Crippen LogP contribution in [-0.4, -0.2) is 4.98 Å². The highest BCUT2D eigenvalue weighted by Crippen LogP contribution is 2.24. The van der Waals surface area contributed by atoms with Gasteiger partial charge < -0.3 is 4.74 Å². The number of halogens is 1. The van der Waals surface area contributed by atoms with Crippen LogP contribution in [0.3, 0.4) is 0 Å². The van der Waals surface area contributed by atoms with Crippen LogP contribution in [0, 0.1) is 0 Å². The molecule has 0 aliphatic heterocycles. The first kappa shape index (κ1) is 14.1. The van der Waals surface area contributed by atoms with E-state index >= 15 is 0 Å². The molecule has 0 bridgehead atoms. The molecule has 2 aromatic rings. The molecule has 2 rings (SSSR count). The highest BCUT2D eigenvalue weighted by atomic mass is 79.9. The Morgan fingerprint density at radius 3 is 2.37 bits per heavy atom. The molecular weight excluding hydrogens is 302 g/mol. The molecular formula is C16H18BrNO. The molecule has 0 N–H and O–H groups in total. The minimum absolute atomic E-state index is 0.186. The maximum Gasteiger partial charge on any atom is 0.152 e. The summed E-state index contributed by atoms with van der Waals surface area (Å²) < 4.78 is 6.48. The number of aromatic nitrogens is 1. The second kappa shape index (κ2) is 5.74. The van der Waals surface area contributed by atoms with Gasteiger partial charge in [0.05, 0.1) is 0 Å². The summed E-state index contributed by atoms with van der Waals surface area (Å²) in [5.41, 5.74) is 2.67. The Labute approximate surface area is 123 Å². The van der Waals surface area contributed by atoms with Crippen molar-refractivity contribution in [3.63, 3.8) is 0 Å². The summed E-state index contributed by atoms with van der Waals surface area (Å²) in [4.78, 5) is 4.13. The smallest absolute Gasteiger partial charge is 0.152 e. The van der Waals surface area contributed by atoms with Gasteiger partial charge in [0.2, 0.25) is 0 Å². The van der Waals surface area contributed by atoms with Gasteiger partial charge in [0.25, 0.3) is 0 Å². The van der Waals surface area contributed by atoms with Crippen molar-refractivity contribution < 1.29 is 4.74 Å². The van der Waals surface area contributed by atoms with Gasteiger partial charge in [-0.25, -0.2) is 4.98 Å². The first-order valence-electron chi connectivity index (χ1n) is 6.29. The molecule has 1 aromatic carbocycles. The third kappa shape index (κ3) is 3.80. The Morgan fingerprint density at radius 2 is 1.79 bits per heavy atom. The van der Waals surface area contributed by atoms with E-state index in [0.29, 0.717) is 6.61 Å².